The van der Waals surface area contributed by atoms with Gasteiger partial charge in [0.1, 0.15) is 6.04 Å². The summed E-state index contributed by atoms with van der Waals surface area (Å²) in [6, 6.07) is 10.2. The molecular weight excluding hydrogens is 463 g/mol. The highest BCUT2D eigenvalue weighted by molar-refractivity contribution is 6.42. The van der Waals surface area contributed by atoms with Crippen molar-refractivity contribution in [3.05, 3.63) is 57.6 Å². The predicted molar refractivity (Wildman–Crippen MR) is 132 cm³/mol. The van der Waals surface area contributed by atoms with Crippen molar-refractivity contribution in [1.29, 1.82) is 0 Å². The molecule has 0 heterocycles. The van der Waals surface area contributed by atoms with Gasteiger partial charge in [0.25, 0.3) is 0 Å². The van der Waals surface area contributed by atoms with Gasteiger partial charge < -0.3 is 19.7 Å². The van der Waals surface area contributed by atoms with Crippen LogP contribution >= 0.6 is 23.2 Å². The molecule has 0 aromatic heterocycles. The molecule has 0 spiro atoms. The van der Waals surface area contributed by atoms with Gasteiger partial charge in [0, 0.05) is 19.0 Å². The maximum Gasteiger partial charge on any atom is 0.243 e. The third kappa shape index (κ3) is 7.54. The van der Waals surface area contributed by atoms with E-state index < -0.39 is 6.04 Å². The number of carbonyl (C=O) groups is 2. The molecule has 33 heavy (non-hydrogen) atoms. The van der Waals surface area contributed by atoms with Crippen molar-refractivity contribution in [2.45, 2.75) is 58.7 Å². The molecule has 0 aliphatic carbocycles. The van der Waals surface area contributed by atoms with E-state index in [0.29, 0.717) is 34.4 Å². The summed E-state index contributed by atoms with van der Waals surface area (Å²) in [6.07, 6.45) is 1.23. The van der Waals surface area contributed by atoms with Gasteiger partial charge in [-0.2, -0.15) is 0 Å². The van der Waals surface area contributed by atoms with Crippen LogP contribution in [0.3, 0.4) is 0 Å². The summed E-state index contributed by atoms with van der Waals surface area (Å²) in [5, 5.41) is 3.78. The maximum atomic E-state index is 13.4. The summed E-state index contributed by atoms with van der Waals surface area (Å²) >= 11 is 12.2. The SMILES string of the molecule is CC[C@H](C(=O)NC(C)C)N(Cc1ccc(Cl)c(Cl)c1)C(=O)CCc1ccc(OC)c(OC)c1. The fourth-order valence-electron chi connectivity index (χ4n) is 3.57. The first-order valence-corrected chi connectivity index (χ1v) is 11.7. The zero-order chi connectivity index (χ0) is 24.5. The molecule has 0 saturated carbocycles. The van der Waals surface area contributed by atoms with Gasteiger partial charge in [-0.3, -0.25) is 9.59 Å². The van der Waals surface area contributed by atoms with Crippen molar-refractivity contribution in [1.82, 2.24) is 10.2 Å². The zero-order valence-corrected chi connectivity index (χ0v) is 21.3. The van der Waals surface area contributed by atoms with Crippen LogP contribution in [0.5, 0.6) is 11.5 Å². The first kappa shape index (κ1) is 26.8. The molecule has 0 unspecified atom stereocenters. The summed E-state index contributed by atoms with van der Waals surface area (Å²) in [5.41, 5.74) is 1.75. The van der Waals surface area contributed by atoms with Crippen LogP contribution < -0.4 is 14.8 Å². The Hall–Kier alpha value is -2.44. The van der Waals surface area contributed by atoms with Gasteiger partial charge in [-0.15, -0.1) is 0 Å². The average Bonchev–Trinajstić information content (AvgIpc) is 2.78. The normalized spacial score (nSPS) is 11.8. The van der Waals surface area contributed by atoms with Gasteiger partial charge >= 0.3 is 0 Å². The number of hydrogen-bond acceptors (Lipinski definition) is 4. The summed E-state index contributed by atoms with van der Waals surface area (Å²) in [5.74, 6) is 0.941. The molecule has 2 amide bonds. The minimum atomic E-state index is -0.597. The summed E-state index contributed by atoms with van der Waals surface area (Å²) < 4.78 is 10.6. The average molecular weight is 495 g/mol. The number of nitrogens with one attached hydrogen (secondary N) is 1. The van der Waals surface area contributed by atoms with Gasteiger partial charge in [-0.1, -0.05) is 42.3 Å². The Labute approximate surface area is 206 Å². The van der Waals surface area contributed by atoms with Crippen LogP contribution in [0, 0.1) is 0 Å². The minimum Gasteiger partial charge on any atom is -0.493 e. The Bertz CT molecular complexity index is 965. The molecule has 0 aliphatic heterocycles. The fourth-order valence-corrected chi connectivity index (χ4v) is 3.89. The molecule has 180 valence electrons. The molecule has 8 heteroatoms. The fraction of sp³-hybridized carbons (Fsp3) is 0.440. The van der Waals surface area contributed by atoms with Crippen LogP contribution in [0.25, 0.3) is 0 Å². The van der Waals surface area contributed by atoms with E-state index in [1.807, 2.05) is 45.0 Å². The topological polar surface area (TPSA) is 67.9 Å². The number of amides is 2. The van der Waals surface area contributed by atoms with E-state index >= 15 is 0 Å². The number of rotatable bonds is 11. The first-order valence-electron chi connectivity index (χ1n) is 10.9. The van der Waals surface area contributed by atoms with Crippen LogP contribution in [0.2, 0.25) is 10.0 Å². The van der Waals surface area contributed by atoms with Gasteiger partial charge in [0.15, 0.2) is 11.5 Å². The highest BCUT2D eigenvalue weighted by Crippen LogP contribution is 2.28. The van der Waals surface area contributed by atoms with Gasteiger partial charge in [0.2, 0.25) is 11.8 Å². The summed E-state index contributed by atoms with van der Waals surface area (Å²) in [4.78, 5) is 27.9. The lowest BCUT2D eigenvalue weighted by atomic mass is 10.1. The molecule has 2 aromatic rings. The smallest absolute Gasteiger partial charge is 0.243 e. The number of carbonyl (C=O) groups excluding carboxylic acids is 2. The van der Waals surface area contributed by atoms with Gasteiger partial charge in [-0.25, -0.2) is 0 Å². The predicted octanol–water partition coefficient (Wildman–Crippen LogP) is 5.28. The lowest BCUT2D eigenvalue weighted by Crippen LogP contribution is -2.50. The standard InChI is InChI=1S/C25H32Cl2N2O4/c1-6-21(25(31)28-16(2)3)29(15-18-7-10-19(26)20(27)13-18)24(30)12-9-17-8-11-22(32-4)23(14-17)33-5/h7-8,10-11,13-14,16,21H,6,9,12,15H2,1-5H3,(H,28,31)/t21-/m1/s1. The van der Waals surface area contributed by atoms with Crippen molar-refractivity contribution in [2.75, 3.05) is 14.2 Å². The first-order chi connectivity index (χ1) is 15.7. The monoisotopic (exact) mass is 494 g/mol. The molecule has 0 aliphatic rings. The highest BCUT2D eigenvalue weighted by atomic mass is 35.5. The van der Waals surface area contributed by atoms with Crippen LogP contribution in [-0.4, -0.2) is 43.0 Å². The number of halogens is 2. The number of ether oxygens (including phenoxy) is 2. The van der Waals surface area contributed by atoms with E-state index in [1.165, 1.54) is 0 Å². The molecular formula is C25H32Cl2N2O4. The van der Waals surface area contributed by atoms with Crippen LogP contribution in [0.15, 0.2) is 36.4 Å². The van der Waals surface area contributed by atoms with E-state index in [4.69, 9.17) is 32.7 Å². The minimum absolute atomic E-state index is 0.0276. The van der Waals surface area contributed by atoms with Crippen molar-refractivity contribution in [3.63, 3.8) is 0 Å². The molecule has 1 atom stereocenters. The maximum absolute atomic E-state index is 13.4. The summed E-state index contributed by atoms with van der Waals surface area (Å²) in [7, 11) is 3.15. The number of aryl methyl sites for hydroxylation is 1. The van der Waals surface area contributed by atoms with Gasteiger partial charge in [-0.05, 0) is 62.1 Å². The van der Waals surface area contributed by atoms with Crippen LogP contribution in [0.1, 0.15) is 44.7 Å². The molecule has 0 bridgehead atoms. The van der Waals surface area contributed by atoms with E-state index in [1.54, 1.807) is 31.3 Å². The largest absolute Gasteiger partial charge is 0.493 e. The third-order valence-electron chi connectivity index (χ3n) is 5.23. The molecule has 1 N–H and O–H groups in total. The van der Waals surface area contributed by atoms with Crippen molar-refractivity contribution >= 4 is 35.0 Å². The van der Waals surface area contributed by atoms with Crippen molar-refractivity contribution in [2.24, 2.45) is 0 Å². The highest BCUT2D eigenvalue weighted by Gasteiger charge is 2.29. The number of hydrogen-bond donors (Lipinski definition) is 1. The molecule has 0 saturated heterocycles. The zero-order valence-electron chi connectivity index (χ0n) is 19.8. The number of methoxy groups -OCH3 is 2. The number of benzene rings is 2. The van der Waals surface area contributed by atoms with E-state index in [9.17, 15) is 9.59 Å². The van der Waals surface area contributed by atoms with E-state index in [2.05, 4.69) is 5.32 Å². The van der Waals surface area contributed by atoms with Crippen molar-refractivity contribution in [3.8, 4) is 11.5 Å². The van der Waals surface area contributed by atoms with Crippen LogP contribution in [-0.2, 0) is 22.6 Å². The quantitative estimate of drug-likeness (QED) is 0.461. The van der Waals surface area contributed by atoms with Crippen LogP contribution in [0.4, 0.5) is 0 Å². The van der Waals surface area contributed by atoms with E-state index in [0.717, 1.165) is 11.1 Å². The molecule has 2 rings (SSSR count). The molecule has 0 fully saturated rings. The Morgan fingerprint density at radius 2 is 1.64 bits per heavy atom. The third-order valence-corrected chi connectivity index (χ3v) is 5.97. The Balaban J connectivity index is 2.26. The Kier molecular flexibility index (Phi) is 10.3. The second kappa shape index (κ2) is 12.7. The van der Waals surface area contributed by atoms with E-state index in [-0.39, 0.29) is 30.8 Å². The Morgan fingerprint density at radius 1 is 0.970 bits per heavy atom. The van der Waals surface area contributed by atoms with Gasteiger partial charge in [0.05, 0.1) is 24.3 Å². The second-order valence-electron chi connectivity index (χ2n) is 8.05. The molecule has 6 nitrogen and oxygen atoms in total. The molecule has 0 radical (unpaired) electrons. The van der Waals surface area contributed by atoms with Crippen molar-refractivity contribution < 1.29 is 19.1 Å². The lowest BCUT2D eigenvalue weighted by Gasteiger charge is -2.31. The second-order valence-corrected chi connectivity index (χ2v) is 8.86. The number of nitrogens with zero attached hydrogens (tertiary/aromatic N) is 1. The Morgan fingerprint density at radius 3 is 2.21 bits per heavy atom. The molecule has 2 aromatic carbocycles. The lowest BCUT2D eigenvalue weighted by molar-refractivity contribution is -0.141. The summed E-state index contributed by atoms with van der Waals surface area (Å²) in [6.45, 7) is 5.94.